The molecular formula is C17H34N2. The topological polar surface area (TPSA) is 15.3 Å². The summed E-state index contributed by atoms with van der Waals surface area (Å²) in [4.78, 5) is 2.80. The molecule has 0 spiro atoms. The van der Waals surface area contributed by atoms with Gasteiger partial charge in [-0.25, -0.2) is 0 Å². The minimum absolute atomic E-state index is 0.539. The molecule has 2 unspecified atom stereocenters. The Hall–Kier alpha value is -0.0800. The summed E-state index contributed by atoms with van der Waals surface area (Å²) < 4.78 is 0. The summed E-state index contributed by atoms with van der Waals surface area (Å²) in [7, 11) is 0. The van der Waals surface area contributed by atoms with Gasteiger partial charge in [0, 0.05) is 18.6 Å². The van der Waals surface area contributed by atoms with Crippen molar-refractivity contribution in [3.8, 4) is 0 Å². The first-order valence-corrected chi connectivity index (χ1v) is 8.60. The Bertz CT molecular complexity index is 260. The lowest BCUT2D eigenvalue weighted by molar-refractivity contribution is 0.148. The van der Waals surface area contributed by atoms with Gasteiger partial charge in [0.15, 0.2) is 0 Å². The first-order valence-electron chi connectivity index (χ1n) is 8.60. The molecule has 1 heterocycles. The van der Waals surface area contributed by atoms with E-state index >= 15 is 0 Å². The maximum Gasteiger partial charge on any atom is 0.0249 e. The van der Waals surface area contributed by atoms with E-state index in [1.807, 2.05) is 0 Å². The van der Waals surface area contributed by atoms with Gasteiger partial charge in [-0.15, -0.1) is 0 Å². The van der Waals surface area contributed by atoms with E-state index in [9.17, 15) is 0 Å². The smallest absolute Gasteiger partial charge is 0.0249 e. The third-order valence-corrected chi connectivity index (χ3v) is 5.06. The lowest BCUT2D eigenvalue weighted by Crippen LogP contribution is -2.50. The highest BCUT2D eigenvalue weighted by Gasteiger charge is 2.36. The van der Waals surface area contributed by atoms with E-state index in [1.165, 1.54) is 71.0 Å². The molecule has 0 radical (unpaired) electrons. The minimum Gasteiger partial charge on any atom is -0.312 e. The van der Waals surface area contributed by atoms with E-state index in [-0.39, 0.29) is 0 Å². The average Bonchev–Trinajstić information content (AvgIpc) is 2.68. The zero-order valence-electron chi connectivity index (χ0n) is 13.4. The van der Waals surface area contributed by atoms with Crippen molar-refractivity contribution in [3.05, 3.63) is 0 Å². The van der Waals surface area contributed by atoms with Crippen LogP contribution in [0, 0.1) is 5.41 Å². The van der Waals surface area contributed by atoms with E-state index in [2.05, 4.69) is 31.0 Å². The molecule has 0 bridgehead atoms. The van der Waals surface area contributed by atoms with Gasteiger partial charge >= 0.3 is 0 Å². The second-order valence-corrected chi connectivity index (χ2v) is 7.50. The summed E-state index contributed by atoms with van der Waals surface area (Å²) >= 11 is 0. The molecule has 0 amide bonds. The number of nitrogens with zero attached hydrogens (tertiary/aromatic N) is 1. The molecule has 2 nitrogen and oxygen atoms in total. The molecule has 2 aliphatic rings. The molecule has 1 saturated heterocycles. The summed E-state index contributed by atoms with van der Waals surface area (Å²) in [6.07, 6.45) is 11.2. The quantitative estimate of drug-likeness (QED) is 0.832. The van der Waals surface area contributed by atoms with Crippen molar-refractivity contribution < 1.29 is 0 Å². The van der Waals surface area contributed by atoms with Crippen molar-refractivity contribution in [2.45, 2.75) is 84.2 Å². The molecule has 0 aromatic rings. The van der Waals surface area contributed by atoms with Crippen molar-refractivity contribution in [1.29, 1.82) is 0 Å². The van der Waals surface area contributed by atoms with Crippen molar-refractivity contribution in [3.63, 3.8) is 0 Å². The van der Waals surface area contributed by atoms with Crippen LogP contribution in [0.25, 0.3) is 0 Å². The van der Waals surface area contributed by atoms with Crippen LogP contribution in [0.15, 0.2) is 0 Å². The monoisotopic (exact) mass is 266 g/mol. The van der Waals surface area contributed by atoms with Crippen LogP contribution in [0.1, 0.15) is 72.1 Å². The highest BCUT2D eigenvalue weighted by molar-refractivity contribution is 4.92. The van der Waals surface area contributed by atoms with E-state index in [1.54, 1.807) is 0 Å². The standard InChI is InChI=1S/C17H34N2/c1-4-12-18-15-9-7-5-6-8-10-16(15)19-13-11-17(2,3)14-19/h15-16,18H,4-14H2,1-3H3. The summed E-state index contributed by atoms with van der Waals surface area (Å²) in [5.41, 5.74) is 0.539. The Morgan fingerprint density at radius 1 is 1.11 bits per heavy atom. The molecule has 1 aliphatic carbocycles. The van der Waals surface area contributed by atoms with Crippen LogP contribution in [0.3, 0.4) is 0 Å². The predicted molar refractivity (Wildman–Crippen MR) is 83.5 cm³/mol. The van der Waals surface area contributed by atoms with Gasteiger partial charge in [0.2, 0.25) is 0 Å². The first-order chi connectivity index (χ1) is 9.12. The lowest BCUT2D eigenvalue weighted by atomic mass is 9.90. The van der Waals surface area contributed by atoms with Gasteiger partial charge in [-0.05, 0) is 44.2 Å². The maximum absolute atomic E-state index is 3.85. The zero-order chi connectivity index (χ0) is 13.7. The molecular weight excluding hydrogens is 232 g/mol. The molecule has 2 atom stereocenters. The Kier molecular flexibility index (Phi) is 5.70. The third kappa shape index (κ3) is 4.46. The van der Waals surface area contributed by atoms with Gasteiger partial charge in [0.05, 0.1) is 0 Å². The van der Waals surface area contributed by atoms with E-state index < -0.39 is 0 Å². The second kappa shape index (κ2) is 7.08. The van der Waals surface area contributed by atoms with E-state index in [0.717, 1.165) is 12.1 Å². The fourth-order valence-electron chi connectivity index (χ4n) is 3.91. The van der Waals surface area contributed by atoms with Gasteiger partial charge in [-0.1, -0.05) is 46.5 Å². The summed E-state index contributed by atoms with van der Waals surface area (Å²) in [6.45, 7) is 11.0. The normalized spacial score (nSPS) is 33.0. The summed E-state index contributed by atoms with van der Waals surface area (Å²) in [5, 5.41) is 3.85. The summed E-state index contributed by atoms with van der Waals surface area (Å²) in [6, 6.07) is 1.54. The second-order valence-electron chi connectivity index (χ2n) is 7.50. The number of rotatable bonds is 4. The number of nitrogens with one attached hydrogen (secondary N) is 1. The third-order valence-electron chi connectivity index (χ3n) is 5.06. The van der Waals surface area contributed by atoms with Crippen LogP contribution in [-0.2, 0) is 0 Å². The Balaban J connectivity index is 1.98. The van der Waals surface area contributed by atoms with Gasteiger partial charge < -0.3 is 5.32 Å². The average molecular weight is 266 g/mol. The van der Waals surface area contributed by atoms with E-state index in [0.29, 0.717) is 5.41 Å². The molecule has 0 aromatic carbocycles. The number of likely N-dealkylation sites (tertiary alicyclic amines) is 1. The molecule has 0 aromatic heterocycles. The van der Waals surface area contributed by atoms with Crippen LogP contribution in [0.4, 0.5) is 0 Å². The Morgan fingerprint density at radius 2 is 1.84 bits per heavy atom. The van der Waals surface area contributed by atoms with Crippen molar-refractivity contribution in [2.75, 3.05) is 19.6 Å². The van der Waals surface area contributed by atoms with Crippen LogP contribution in [0.2, 0.25) is 0 Å². The molecule has 2 fully saturated rings. The molecule has 1 aliphatic heterocycles. The first kappa shape index (κ1) is 15.3. The van der Waals surface area contributed by atoms with Crippen LogP contribution < -0.4 is 5.32 Å². The molecule has 2 heteroatoms. The van der Waals surface area contributed by atoms with Crippen LogP contribution >= 0.6 is 0 Å². The van der Waals surface area contributed by atoms with Gasteiger partial charge in [0.1, 0.15) is 0 Å². The molecule has 19 heavy (non-hydrogen) atoms. The fraction of sp³-hybridized carbons (Fsp3) is 1.00. The molecule has 1 N–H and O–H groups in total. The summed E-state index contributed by atoms with van der Waals surface area (Å²) in [5.74, 6) is 0. The largest absolute Gasteiger partial charge is 0.312 e. The molecule has 112 valence electrons. The minimum atomic E-state index is 0.539. The SMILES string of the molecule is CCCNC1CCCCCCC1N1CCC(C)(C)C1. The van der Waals surface area contributed by atoms with Crippen molar-refractivity contribution in [2.24, 2.45) is 5.41 Å². The van der Waals surface area contributed by atoms with E-state index in [4.69, 9.17) is 0 Å². The highest BCUT2D eigenvalue weighted by atomic mass is 15.2. The number of hydrogen-bond donors (Lipinski definition) is 1. The highest BCUT2D eigenvalue weighted by Crippen LogP contribution is 2.33. The number of hydrogen-bond acceptors (Lipinski definition) is 2. The fourth-order valence-corrected chi connectivity index (χ4v) is 3.91. The maximum atomic E-state index is 3.85. The zero-order valence-corrected chi connectivity index (χ0v) is 13.4. The molecule has 2 rings (SSSR count). The molecule has 1 saturated carbocycles. The predicted octanol–water partition coefficient (Wildman–Crippen LogP) is 3.81. The lowest BCUT2D eigenvalue weighted by Gasteiger charge is -2.37. The van der Waals surface area contributed by atoms with Gasteiger partial charge in [-0.3, -0.25) is 4.90 Å². The van der Waals surface area contributed by atoms with Crippen LogP contribution in [0.5, 0.6) is 0 Å². The van der Waals surface area contributed by atoms with Crippen molar-refractivity contribution >= 4 is 0 Å². The Morgan fingerprint density at radius 3 is 2.47 bits per heavy atom. The van der Waals surface area contributed by atoms with Gasteiger partial charge in [0.25, 0.3) is 0 Å². The Labute approximate surface area is 120 Å². The van der Waals surface area contributed by atoms with Crippen LogP contribution in [-0.4, -0.2) is 36.6 Å². The van der Waals surface area contributed by atoms with Crippen molar-refractivity contribution in [1.82, 2.24) is 10.2 Å². The van der Waals surface area contributed by atoms with Gasteiger partial charge in [-0.2, -0.15) is 0 Å².